The van der Waals surface area contributed by atoms with E-state index < -0.39 is 0 Å². The Balaban J connectivity index is 1.37. The number of aromatic amines is 1. The van der Waals surface area contributed by atoms with Crippen LogP contribution in [0.1, 0.15) is 31.3 Å². The molecule has 0 unspecified atom stereocenters. The number of hydrogen-bond donors (Lipinski definition) is 1. The smallest absolute Gasteiger partial charge is 0.258 e. The Morgan fingerprint density at radius 2 is 1.79 bits per heavy atom. The van der Waals surface area contributed by atoms with Crippen molar-refractivity contribution >= 4 is 10.9 Å². The van der Waals surface area contributed by atoms with Gasteiger partial charge in [-0.2, -0.15) is 0 Å². The summed E-state index contributed by atoms with van der Waals surface area (Å²) in [5.41, 5.74) is 1.99. The number of nitrogens with one attached hydrogen (secondary N) is 1. The number of para-hydroxylation sites is 1. The van der Waals surface area contributed by atoms with Gasteiger partial charge in [-0.1, -0.05) is 24.3 Å². The van der Waals surface area contributed by atoms with Gasteiger partial charge in [-0.15, -0.1) is 0 Å². The van der Waals surface area contributed by atoms with Crippen LogP contribution in [0.25, 0.3) is 10.9 Å². The van der Waals surface area contributed by atoms with E-state index in [9.17, 15) is 4.79 Å². The lowest BCUT2D eigenvalue weighted by molar-refractivity contribution is 0.0948. The highest BCUT2D eigenvalue weighted by atomic mass is 16.5. The maximum Gasteiger partial charge on any atom is 0.258 e. The Bertz CT molecular complexity index is 1010. The molecule has 1 N–H and O–H groups in total. The van der Waals surface area contributed by atoms with E-state index in [0.29, 0.717) is 12.0 Å². The number of piperazine rings is 1. The summed E-state index contributed by atoms with van der Waals surface area (Å²) in [5.74, 6) is 1.67. The van der Waals surface area contributed by atoms with Crippen LogP contribution in [0.15, 0.2) is 53.3 Å². The molecule has 6 nitrogen and oxygen atoms in total. The van der Waals surface area contributed by atoms with Crippen molar-refractivity contribution in [2.75, 3.05) is 32.8 Å². The third kappa shape index (κ3) is 4.49. The van der Waals surface area contributed by atoms with Gasteiger partial charge in [-0.05, 0) is 43.7 Å². The number of H-pyrrole nitrogens is 1. The molecule has 29 heavy (non-hydrogen) atoms. The molecule has 152 valence electrons. The van der Waals surface area contributed by atoms with Crippen LogP contribution in [-0.2, 0) is 6.54 Å². The summed E-state index contributed by atoms with van der Waals surface area (Å²) in [6.07, 6.45) is 0. The van der Waals surface area contributed by atoms with E-state index in [1.807, 2.05) is 43.3 Å². The van der Waals surface area contributed by atoms with Gasteiger partial charge in [0.15, 0.2) is 0 Å². The summed E-state index contributed by atoms with van der Waals surface area (Å²) in [5, 5.41) is 0.642. The monoisotopic (exact) mass is 392 g/mol. The quantitative estimate of drug-likeness (QED) is 0.698. The second kappa shape index (κ2) is 8.76. The molecule has 1 atom stereocenters. The van der Waals surface area contributed by atoms with Crippen molar-refractivity contribution in [1.29, 1.82) is 0 Å². The number of benzene rings is 2. The van der Waals surface area contributed by atoms with Crippen LogP contribution < -0.4 is 10.3 Å². The van der Waals surface area contributed by atoms with Crippen LogP contribution >= 0.6 is 0 Å². The molecular weight excluding hydrogens is 364 g/mol. The van der Waals surface area contributed by atoms with Crippen molar-refractivity contribution in [2.24, 2.45) is 0 Å². The molecule has 1 aliphatic heterocycles. The van der Waals surface area contributed by atoms with Crippen LogP contribution in [0, 0.1) is 0 Å². The molecule has 0 bridgehead atoms. The first-order valence-electron chi connectivity index (χ1n) is 10.3. The van der Waals surface area contributed by atoms with E-state index in [1.165, 1.54) is 5.56 Å². The third-order valence-corrected chi connectivity index (χ3v) is 5.62. The second-order valence-electron chi connectivity index (χ2n) is 7.53. The Morgan fingerprint density at radius 3 is 2.52 bits per heavy atom. The average Bonchev–Trinajstić information content (AvgIpc) is 2.75. The summed E-state index contributed by atoms with van der Waals surface area (Å²) < 4.78 is 5.52. The molecule has 0 amide bonds. The first-order valence-corrected chi connectivity index (χ1v) is 10.3. The van der Waals surface area contributed by atoms with E-state index in [-0.39, 0.29) is 11.6 Å². The topological polar surface area (TPSA) is 61.5 Å². The second-order valence-corrected chi connectivity index (χ2v) is 7.53. The highest BCUT2D eigenvalue weighted by Crippen LogP contribution is 2.20. The van der Waals surface area contributed by atoms with E-state index in [0.717, 1.165) is 49.8 Å². The molecule has 1 fully saturated rings. The molecule has 6 heteroatoms. The molecular formula is C23H28N4O2. The Kier molecular flexibility index (Phi) is 5.92. The Labute approximate surface area is 171 Å². The zero-order valence-corrected chi connectivity index (χ0v) is 17.1. The van der Waals surface area contributed by atoms with E-state index in [1.54, 1.807) is 0 Å². The number of ether oxygens (including phenoxy) is 1. The third-order valence-electron chi connectivity index (χ3n) is 5.62. The summed E-state index contributed by atoms with van der Waals surface area (Å²) in [6, 6.07) is 15.9. The largest absolute Gasteiger partial charge is 0.494 e. The molecule has 3 aromatic rings. The highest BCUT2D eigenvalue weighted by molar-refractivity contribution is 5.77. The normalized spacial score (nSPS) is 16.8. The minimum Gasteiger partial charge on any atom is -0.494 e. The molecule has 0 spiro atoms. The van der Waals surface area contributed by atoms with Crippen LogP contribution in [-0.4, -0.2) is 52.6 Å². The molecule has 2 heterocycles. The van der Waals surface area contributed by atoms with E-state index >= 15 is 0 Å². The lowest BCUT2D eigenvalue weighted by Crippen LogP contribution is -2.47. The van der Waals surface area contributed by atoms with Gasteiger partial charge in [0.2, 0.25) is 0 Å². The first-order chi connectivity index (χ1) is 14.1. The van der Waals surface area contributed by atoms with Gasteiger partial charge in [0.05, 0.1) is 23.6 Å². The molecule has 1 aliphatic rings. The van der Waals surface area contributed by atoms with Crippen LogP contribution in [0.2, 0.25) is 0 Å². The van der Waals surface area contributed by atoms with Gasteiger partial charge in [0.1, 0.15) is 11.6 Å². The average molecular weight is 393 g/mol. The molecule has 1 aromatic heterocycles. The zero-order chi connectivity index (χ0) is 20.2. The predicted octanol–water partition coefficient (Wildman–Crippen LogP) is 3.20. The number of hydrogen-bond acceptors (Lipinski definition) is 5. The molecule has 4 rings (SSSR count). The first kappa shape index (κ1) is 19.6. The fourth-order valence-electron chi connectivity index (χ4n) is 3.90. The SMILES string of the molecule is CCOc1ccc(CN2CCN([C@H](C)c3nc4ccccc4c(=O)[nH]3)CC2)cc1. The van der Waals surface area contributed by atoms with Crippen molar-refractivity contribution in [1.82, 2.24) is 19.8 Å². The molecule has 2 aromatic carbocycles. The number of nitrogens with zero attached hydrogens (tertiary/aromatic N) is 3. The molecule has 0 radical (unpaired) electrons. The van der Waals surface area contributed by atoms with Gasteiger partial charge in [0.25, 0.3) is 5.56 Å². The molecule has 0 saturated carbocycles. The van der Waals surface area contributed by atoms with Crippen molar-refractivity contribution in [3.05, 3.63) is 70.3 Å². The fraction of sp³-hybridized carbons (Fsp3) is 0.391. The van der Waals surface area contributed by atoms with Gasteiger partial charge in [-0.3, -0.25) is 14.6 Å². The number of fused-ring (bicyclic) bond motifs is 1. The van der Waals surface area contributed by atoms with Crippen LogP contribution in [0.3, 0.4) is 0 Å². The van der Waals surface area contributed by atoms with Crippen molar-refractivity contribution in [3.63, 3.8) is 0 Å². The van der Waals surface area contributed by atoms with Gasteiger partial charge < -0.3 is 9.72 Å². The summed E-state index contributed by atoms with van der Waals surface area (Å²) in [6.45, 7) is 9.65. The zero-order valence-electron chi connectivity index (χ0n) is 17.1. The maximum absolute atomic E-state index is 12.4. The summed E-state index contributed by atoms with van der Waals surface area (Å²) in [4.78, 5) is 24.9. The lowest BCUT2D eigenvalue weighted by atomic mass is 10.1. The number of rotatable bonds is 6. The molecule has 0 aliphatic carbocycles. The van der Waals surface area contributed by atoms with Crippen LogP contribution in [0.4, 0.5) is 0 Å². The van der Waals surface area contributed by atoms with E-state index in [4.69, 9.17) is 9.72 Å². The van der Waals surface area contributed by atoms with Crippen molar-refractivity contribution in [3.8, 4) is 5.75 Å². The highest BCUT2D eigenvalue weighted by Gasteiger charge is 2.24. The van der Waals surface area contributed by atoms with Gasteiger partial charge in [0, 0.05) is 32.7 Å². The van der Waals surface area contributed by atoms with Crippen molar-refractivity contribution in [2.45, 2.75) is 26.4 Å². The Hall–Kier alpha value is -2.70. The fourth-order valence-corrected chi connectivity index (χ4v) is 3.90. The van der Waals surface area contributed by atoms with Crippen molar-refractivity contribution < 1.29 is 4.74 Å². The Morgan fingerprint density at radius 1 is 1.07 bits per heavy atom. The van der Waals surface area contributed by atoms with Crippen LogP contribution in [0.5, 0.6) is 5.75 Å². The van der Waals surface area contributed by atoms with Gasteiger partial charge in [-0.25, -0.2) is 4.98 Å². The molecule has 1 saturated heterocycles. The summed E-state index contributed by atoms with van der Waals surface area (Å²) >= 11 is 0. The van der Waals surface area contributed by atoms with Gasteiger partial charge >= 0.3 is 0 Å². The summed E-state index contributed by atoms with van der Waals surface area (Å²) in [7, 11) is 0. The minimum absolute atomic E-state index is 0.0633. The van der Waals surface area contributed by atoms with E-state index in [2.05, 4.69) is 33.8 Å². The predicted molar refractivity (Wildman–Crippen MR) is 115 cm³/mol. The standard InChI is InChI=1S/C23H28N4O2/c1-3-29-19-10-8-18(9-11-19)16-26-12-14-27(15-13-26)17(2)22-24-21-7-5-4-6-20(21)23(28)25-22/h4-11,17H,3,12-16H2,1-2H3,(H,24,25,28)/t17-/m1/s1. The number of aromatic nitrogens is 2. The maximum atomic E-state index is 12.4. The lowest BCUT2D eigenvalue weighted by Gasteiger charge is -2.37. The minimum atomic E-state index is -0.0633.